The quantitative estimate of drug-likeness (QED) is 0.705. The second kappa shape index (κ2) is 6.07. The van der Waals surface area contributed by atoms with Gasteiger partial charge in [0.1, 0.15) is 0 Å². The van der Waals surface area contributed by atoms with Gasteiger partial charge in [-0.3, -0.25) is 0 Å². The van der Waals surface area contributed by atoms with E-state index >= 15 is 0 Å². The third kappa shape index (κ3) is 3.04. The summed E-state index contributed by atoms with van der Waals surface area (Å²) in [6.45, 7) is 7.17. The molecule has 1 nitrogen and oxygen atoms in total. The fraction of sp³-hybridized carbons (Fsp3) is 0.588. The maximum absolute atomic E-state index is 4.81. The van der Waals surface area contributed by atoms with Crippen molar-refractivity contribution < 1.29 is 0 Å². The van der Waals surface area contributed by atoms with Gasteiger partial charge in [0.2, 0.25) is 0 Å². The molecule has 1 saturated carbocycles. The molecular weight excluding hydrogens is 282 g/mol. The first-order chi connectivity index (χ1) is 9.63. The van der Waals surface area contributed by atoms with E-state index < -0.39 is 0 Å². The molecular formula is C17H23NS2. The van der Waals surface area contributed by atoms with E-state index in [1.807, 2.05) is 23.1 Å². The molecule has 1 fully saturated rings. The maximum atomic E-state index is 4.81. The molecule has 0 amide bonds. The van der Waals surface area contributed by atoms with E-state index in [-0.39, 0.29) is 0 Å². The van der Waals surface area contributed by atoms with Gasteiger partial charge in [0.05, 0.1) is 10.2 Å². The molecule has 0 bridgehead atoms. The summed E-state index contributed by atoms with van der Waals surface area (Å²) < 4.78 is 2.58. The lowest BCUT2D eigenvalue weighted by Crippen LogP contribution is -2.29. The first-order valence-corrected chi connectivity index (χ1v) is 9.35. The van der Waals surface area contributed by atoms with Crippen molar-refractivity contribution in [1.29, 1.82) is 0 Å². The van der Waals surface area contributed by atoms with Crippen molar-refractivity contribution >= 4 is 33.3 Å². The highest BCUT2D eigenvalue weighted by Crippen LogP contribution is 2.44. The van der Waals surface area contributed by atoms with Gasteiger partial charge in [-0.05, 0) is 42.7 Å². The van der Waals surface area contributed by atoms with Crippen LogP contribution in [0.5, 0.6) is 0 Å². The smallest absolute Gasteiger partial charge is 0.151 e. The molecule has 3 atom stereocenters. The van der Waals surface area contributed by atoms with Crippen LogP contribution in [-0.2, 0) is 0 Å². The van der Waals surface area contributed by atoms with Gasteiger partial charge in [0.15, 0.2) is 4.34 Å². The summed E-state index contributed by atoms with van der Waals surface area (Å²) in [5, 5.41) is 0.749. The normalized spacial score (nSPS) is 27.3. The second-order valence-electron chi connectivity index (χ2n) is 6.43. The van der Waals surface area contributed by atoms with Crippen molar-refractivity contribution in [2.24, 2.45) is 17.8 Å². The van der Waals surface area contributed by atoms with Crippen LogP contribution in [-0.4, -0.2) is 10.2 Å². The molecule has 0 unspecified atom stereocenters. The Hall–Kier alpha value is -0.540. The summed E-state index contributed by atoms with van der Waals surface area (Å²) >= 11 is 3.90. The van der Waals surface area contributed by atoms with Crippen molar-refractivity contribution in [2.75, 3.05) is 0 Å². The summed E-state index contributed by atoms with van der Waals surface area (Å²) in [7, 11) is 0. The zero-order valence-corrected chi connectivity index (χ0v) is 14.1. The first kappa shape index (κ1) is 14.4. The molecule has 1 aromatic heterocycles. The van der Waals surface area contributed by atoms with Crippen molar-refractivity contribution in [1.82, 2.24) is 4.98 Å². The van der Waals surface area contributed by atoms with Crippen LogP contribution in [0.4, 0.5) is 0 Å². The molecule has 2 aromatic rings. The fourth-order valence-corrected chi connectivity index (χ4v) is 6.27. The topological polar surface area (TPSA) is 12.9 Å². The number of para-hydroxylation sites is 1. The lowest BCUT2D eigenvalue weighted by molar-refractivity contribution is 0.244. The Labute approximate surface area is 130 Å². The van der Waals surface area contributed by atoms with Crippen LogP contribution in [0.2, 0.25) is 0 Å². The van der Waals surface area contributed by atoms with Gasteiger partial charge in [-0.1, -0.05) is 51.1 Å². The monoisotopic (exact) mass is 305 g/mol. The van der Waals surface area contributed by atoms with Gasteiger partial charge in [-0.25, -0.2) is 4.98 Å². The average molecular weight is 306 g/mol. The Balaban J connectivity index is 1.80. The summed E-state index contributed by atoms with van der Waals surface area (Å²) in [5.74, 6) is 2.51. The Morgan fingerprint density at radius 2 is 2.05 bits per heavy atom. The molecule has 3 rings (SSSR count). The van der Waals surface area contributed by atoms with E-state index in [1.165, 1.54) is 28.3 Å². The summed E-state index contributed by atoms with van der Waals surface area (Å²) in [6.07, 6.45) is 4.14. The van der Waals surface area contributed by atoms with Crippen LogP contribution < -0.4 is 0 Å². The Morgan fingerprint density at radius 1 is 1.25 bits per heavy atom. The highest BCUT2D eigenvalue weighted by Gasteiger charge is 2.32. The van der Waals surface area contributed by atoms with Gasteiger partial charge >= 0.3 is 0 Å². The van der Waals surface area contributed by atoms with Crippen molar-refractivity contribution in [2.45, 2.75) is 49.6 Å². The maximum Gasteiger partial charge on any atom is 0.151 e. The molecule has 0 spiro atoms. The highest BCUT2D eigenvalue weighted by atomic mass is 32.2. The average Bonchev–Trinajstić information content (AvgIpc) is 2.80. The first-order valence-electron chi connectivity index (χ1n) is 7.65. The molecule has 1 heterocycles. The standard InChI is InChI=1S/C17H23NS2/c1-11(2)13-9-8-12(3)10-16(13)20-17-18-14-6-4-5-7-15(14)19-17/h4-7,11-13,16H,8-10H2,1-3H3/t12-,13+,16+/m1/s1. The van der Waals surface area contributed by atoms with Crippen molar-refractivity contribution in [3.05, 3.63) is 24.3 Å². The second-order valence-corrected chi connectivity index (χ2v) is 8.95. The number of nitrogens with zero attached hydrogens (tertiary/aromatic N) is 1. The lowest BCUT2D eigenvalue weighted by Gasteiger charge is -2.36. The summed E-state index contributed by atoms with van der Waals surface area (Å²) in [4.78, 5) is 4.81. The van der Waals surface area contributed by atoms with Crippen LogP contribution in [0.15, 0.2) is 28.6 Å². The number of hydrogen-bond donors (Lipinski definition) is 0. The van der Waals surface area contributed by atoms with Crippen molar-refractivity contribution in [3.63, 3.8) is 0 Å². The molecule has 3 heteroatoms. The van der Waals surface area contributed by atoms with E-state index in [0.29, 0.717) is 0 Å². The number of rotatable bonds is 3. The summed E-state index contributed by atoms with van der Waals surface area (Å²) in [6, 6.07) is 8.49. The Kier molecular flexibility index (Phi) is 4.37. The van der Waals surface area contributed by atoms with Crippen LogP contribution in [0.25, 0.3) is 10.2 Å². The minimum atomic E-state index is 0.749. The van der Waals surface area contributed by atoms with Gasteiger partial charge in [0.25, 0.3) is 0 Å². The molecule has 1 aliphatic carbocycles. The van der Waals surface area contributed by atoms with E-state index in [9.17, 15) is 0 Å². The van der Waals surface area contributed by atoms with Gasteiger partial charge in [0, 0.05) is 5.25 Å². The zero-order chi connectivity index (χ0) is 14.1. The lowest BCUT2D eigenvalue weighted by atomic mass is 9.77. The molecule has 0 saturated heterocycles. The van der Waals surface area contributed by atoms with E-state index in [4.69, 9.17) is 4.98 Å². The van der Waals surface area contributed by atoms with E-state index in [2.05, 4.69) is 45.0 Å². The van der Waals surface area contributed by atoms with E-state index in [0.717, 1.165) is 28.5 Å². The van der Waals surface area contributed by atoms with Crippen molar-refractivity contribution in [3.8, 4) is 0 Å². The minimum Gasteiger partial charge on any atom is -0.230 e. The molecule has 0 aliphatic heterocycles. The third-order valence-corrected chi connectivity index (χ3v) is 7.00. The predicted octanol–water partition coefficient (Wildman–Crippen LogP) is 5.85. The van der Waals surface area contributed by atoms with Gasteiger partial charge in [-0.15, -0.1) is 11.3 Å². The van der Waals surface area contributed by atoms with Gasteiger partial charge in [-0.2, -0.15) is 0 Å². The van der Waals surface area contributed by atoms with Crippen LogP contribution in [0.1, 0.15) is 40.0 Å². The number of hydrogen-bond acceptors (Lipinski definition) is 3. The van der Waals surface area contributed by atoms with E-state index in [1.54, 1.807) is 0 Å². The number of fused-ring (bicyclic) bond motifs is 1. The minimum absolute atomic E-state index is 0.749. The number of aromatic nitrogens is 1. The Morgan fingerprint density at radius 3 is 2.80 bits per heavy atom. The SMILES string of the molecule is CC(C)[C@@H]1CC[C@@H](C)C[C@@H]1Sc1nc2ccccc2s1. The molecule has 1 aliphatic rings. The number of thiazole rings is 1. The zero-order valence-electron chi connectivity index (χ0n) is 12.5. The number of benzene rings is 1. The third-order valence-electron chi connectivity index (χ3n) is 4.49. The largest absolute Gasteiger partial charge is 0.230 e. The summed E-state index contributed by atoms with van der Waals surface area (Å²) in [5.41, 5.74) is 1.16. The molecule has 20 heavy (non-hydrogen) atoms. The molecule has 108 valence electrons. The fourth-order valence-electron chi connectivity index (χ4n) is 3.28. The number of thioether (sulfide) groups is 1. The van der Waals surface area contributed by atoms with Gasteiger partial charge < -0.3 is 0 Å². The van der Waals surface area contributed by atoms with Crippen LogP contribution in [0, 0.1) is 17.8 Å². The van der Waals surface area contributed by atoms with Crippen LogP contribution >= 0.6 is 23.1 Å². The molecule has 0 radical (unpaired) electrons. The molecule has 1 aromatic carbocycles. The molecule has 0 N–H and O–H groups in total. The predicted molar refractivity (Wildman–Crippen MR) is 90.6 cm³/mol. The highest BCUT2D eigenvalue weighted by molar-refractivity contribution is 8.01. The Bertz CT molecular complexity index is 542. The van der Waals surface area contributed by atoms with Crippen LogP contribution in [0.3, 0.4) is 0 Å².